The second kappa shape index (κ2) is 7.81. The molecule has 1 aromatic carbocycles. The van der Waals surface area contributed by atoms with Crippen LogP contribution in [0, 0.1) is 0 Å². The maximum absolute atomic E-state index is 12.4. The largest absolute Gasteiger partial charge is 0.381 e. The number of benzene rings is 1. The Morgan fingerprint density at radius 1 is 1.38 bits per heavy atom. The predicted octanol–water partition coefficient (Wildman–Crippen LogP) is 2.94. The first-order valence-corrected chi connectivity index (χ1v) is 8.65. The van der Waals surface area contributed by atoms with Gasteiger partial charge in [-0.1, -0.05) is 23.7 Å². The van der Waals surface area contributed by atoms with Gasteiger partial charge >= 0.3 is 0 Å². The number of nitrogens with zero attached hydrogens (tertiary/aromatic N) is 2. The summed E-state index contributed by atoms with van der Waals surface area (Å²) in [7, 11) is 1.81. The zero-order valence-electron chi connectivity index (χ0n) is 13.8. The maximum Gasteiger partial charge on any atom is 0.269 e. The molecule has 0 saturated carbocycles. The van der Waals surface area contributed by atoms with E-state index in [0.29, 0.717) is 23.2 Å². The van der Waals surface area contributed by atoms with Crippen molar-refractivity contribution in [2.24, 2.45) is 7.05 Å². The number of amides is 1. The van der Waals surface area contributed by atoms with E-state index in [1.165, 1.54) is 0 Å². The number of rotatable bonds is 5. The standard InChI is InChI=1S/C18H22ClN3O2/c1-22-17(12-16(21-22)14-6-9-24-10-7-14)18(23)20-8-5-13-3-2-4-15(19)11-13/h2-4,11-12,14H,5-10H2,1H3,(H,20,23). The van der Waals surface area contributed by atoms with Gasteiger partial charge in [0, 0.05) is 37.7 Å². The zero-order valence-corrected chi connectivity index (χ0v) is 14.6. The smallest absolute Gasteiger partial charge is 0.269 e. The number of nitrogens with one attached hydrogen (secondary N) is 1. The number of carbonyl (C=O) groups excluding carboxylic acids is 1. The van der Waals surface area contributed by atoms with Crippen LogP contribution in [-0.2, 0) is 18.2 Å². The lowest BCUT2D eigenvalue weighted by molar-refractivity contribution is 0.0844. The molecule has 24 heavy (non-hydrogen) atoms. The van der Waals surface area contributed by atoms with E-state index >= 15 is 0 Å². The van der Waals surface area contributed by atoms with Gasteiger partial charge in [0.15, 0.2) is 0 Å². The van der Waals surface area contributed by atoms with E-state index in [-0.39, 0.29) is 5.91 Å². The molecule has 1 fully saturated rings. The summed E-state index contributed by atoms with van der Waals surface area (Å²) in [4.78, 5) is 12.4. The number of aryl methyl sites for hydroxylation is 1. The van der Waals surface area contributed by atoms with Crippen LogP contribution in [0.3, 0.4) is 0 Å². The third kappa shape index (κ3) is 4.16. The third-order valence-electron chi connectivity index (χ3n) is 4.36. The molecule has 2 heterocycles. The number of carbonyl (C=O) groups is 1. The molecule has 0 radical (unpaired) electrons. The molecule has 1 aliphatic heterocycles. The van der Waals surface area contributed by atoms with E-state index < -0.39 is 0 Å². The topological polar surface area (TPSA) is 56.2 Å². The Balaban J connectivity index is 1.57. The summed E-state index contributed by atoms with van der Waals surface area (Å²) < 4.78 is 7.05. The molecule has 0 bridgehead atoms. The molecule has 0 unspecified atom stereocenters. The van der Waals surface area contributed by atoms with Crippen molar-refractivity contribution in [2.45, 2.75) is 25.2 Å². The predicted molar refractivity (Wildman–Crippen MR) is 93.5 cm³/mol. The molecule has 6 heteroatoms. The average molecular weight is 348 g/mol. The quantitative estimate of drug-likeness (QED) is 0.904. The zero-order chi connectivity index (χ0) is 16.9. The second-order valence-corrected chi connectivity index (χ2v) is 6.54. The lowest BCUT2D eigenvalue weighted by atomic mass is 9.96. The molecule has 1 N–H and O–H groups in total. The molecule has 0 spiro atoms. The Kier molecular flexibility index (Phi) is 5.53. The molecule has 0 aliphatic carbocycles. The molecular weight excluding hydrogens is 326 g/mol. The lowest BCUT2D eigenvalue weighted by Gasteiger charge is -2.19. The summed E-state index contributed by atoms with van der Waals surface area (Å²) >= 11 is 5.97. The fraction of sp³-hybridized carbons (Fsp3) is 0.444. The highest BCUT2D eigenvalue weighted by atomic mass is 35.5. The Hall–Kier alpha value is -1.85. The molecule has 3 rings (SSSR count). The van der Waals surface area contributed by atoms with Crippen molar-refractivity contribution in [1.29, 1.82) is 0 Å². The highest BCUT2D eigenvalue weighted by Gasteiger charge is 2.21. The van der Waals surface area contributed by atoms with Crippen LogP contribution in [0.5, 0.6) is 0 Å². The molecular formula is C18H22ClN3O2. The van der Waals surface area contributed by atoms with Crippen molar-refractivity contribution in [3.05, 3.63) is 52.3 Å². The minimum Gasteiger partial charge on any atom is -0.381 e. The Labute approximate surface area is 147 Å². The van der Waals surface area contributed by atoms with E-state index in [0.717, 1.165) is 43.7 Å². The number of halogens is 1. The van der Waals surface area contributed by atoms with Crippen molar-refractivity contribution in [1.82, 2.24) is 15.1 Å². The minimum atomic E-state index is -0.0923. The summed E-state index contributed by atoms with van der Waals surface area (Å²) in [5.41, 5.74) is 2.69. The number of hydrogen-bond acceptors (Lipinski definition) is 3. The molecule has 0 atom stereocenters. The number of aromatic nitrogens is 2. The first kappa shape index (κ1) is 17.0. The van der Waals surface area contributed by atoms with Gasteiger partial charge in [-0.3, -0.25) is 9.48 Å². The molecule has 1 amide bonds. The first-order valence-electron chi connectivity index (χ1n) is 8.28. The van der Waals surface area contributed by atoms with Crippen LogP contribution in [0.4, 0.5) is 0 Å². The molecule has 1 aliphatic rings. The SMILES string of the molecule is Cn1nc(C2CCOCC2)cc1C(=O)NCCc1cccc(Cl)c1. The van der Waals surface area contributed by atoms with Crippen molar-refractivity contribution < 1.29 is 9.53 Å². The van der Waals surface area contributed by atoms with Gasteiger partial charge in [0.05, 0.1) is 5.69 Å². The lowest BCUT2D eigenvalue weighted by Crippen LogP contribution is -2.27. The van der Waals surface area contributed by atoms with E-state index in [2.05, 4.69) is 10.4 Å². The number of ether oxygens (including phenoxy) is 1. The Morgan fingerprint density at radius 3 is 2.92 bits per heavy atom. The first-order chi connectivity index (χ1) is 11.6. The monoisotopic (exact) mass is 347 g/mol. The second-order valence-electron chi connectivity index (χ2n) is 6.10. The van der Waals surface area contributed by atoms with Crippen LogP contribution in [0.1, 0.15) is 40.5 Å². The Bertz CT molecular complexity index is 708. The van der Waals surface area contributed by atoms with Crippen LogP contribution >= 0.6 is 11.6 Å². The maximum atomic E-state index is 12.4. The van der Waals surface area contributed by atoms with Crippen molar-refractivity contribution >= 4 is 17.5 Å². The van der Waals surface area contributed by atoms with Crippen LogP contribution in [0.25, 0.3) is 0 Å². The van der Waals surface area contributed by atoms with Gasteiger partial charge in [-0.15, -0.1) is 0 Å². The van der Waals surface area contributed by atoms with E-state index in [1.54, 1.807) is 4.68 Å². The minimum absolute atomic E-state index is 0.0923. The van der Waals surface area contributed by atoms with E-state index in [9.17, 15) is 4.79 Å². The summed E-state index contributed by atoms with van der Waals surface area (Å²) in [5, 5.41) is 8.19. The molecule has 128 valence electrons. The van der Waals surface area contributed by atoms with Gasteiger partial charge in [-0.05, 0) is 43.0 Å². The normalized spacial score (nSPS) is 15.4. The average Bonchev–Trinajstić information content (AvgIpc) is 2.98. The molecule has 5 nitrogen and oxygen atoms in total. The fourth-order valence-electron chi connectivity index (χ4n) is 3.00. The summed E-state index contributed by atoms with van der Waals surface area (Å²) in [6, 6.07) is 9.59. The third-order valence-corrected chi connectivity index (χ3v) is 4.59. The van der Waals surface area contributed by atoms with E-state index in [1.807, 2.05) is 37.4 Å². The van der Waals surface area contributed by atoms with Crippen LogP contribution in [0.15, 0.2) is 30.3 Å². The fourth-order valence-corrected chi connectivity index (χ4v) is 3.21. The van der Waals surface area contributed by atoms with Gasteiger partial charge in [-0.25, -0.2) is 0 Å². The molecule has 1 aromatic heterocycles. The van der Waals surface area contributed by atoms with Gasteiger partial charge in [0.1, 0.15) is 5.69 Å². The van der Waals surface area contributed by atoms with Gasteiger partial charge in [0.25, 0.3) is 5.91 Å². The van der Waals surface area contributed by atoms with Gasteiger partial charge in [0.2, 0.25) is 0 Å². The van der Waals surface area contributed by atoms with Crippen LogP contribution in [-0.4, -0.2) is 35.4 Å². The summed E-state index contributed by atoms with van der Waals surface area (Å²) in [6.45, 7) is 2.10. The van der Waals surface area contributed by atoms with Crippen molar-refractivity contribution in [3.8, 4) is 0 Å². The molecule has 2 aromatic rings. The van der Waals surface area contributed by atoms with Crippen LogP contribution < -0.4 is 5.32 Å². The number of hydrogen-bond donors (Lipinski definition) is 1. The van der Waals surface area contributed by atoms with Gasteiger partial charge < -0.3 is 10.1 Å². The van der Waals surface area contributed by atoms with Gasteiger partial charge in [-0.2, -0.15) is 5.10 Å². The highest BCUT2D eigenvalue weighted by molar-refractivity contribution is 6.30. The Morgan fingerprint density at radius 2 is 2.17 bits per heavy atom. The van der Waals surface area contributed by atoms with E-state index in [4.69, 9.17) is 16.3 Å². The summed E-state index contributed by atoms with van der Waals surface area (Å²) in [6.07, 6.45) is 2.68. The van der Waals surface area contributed by atoms with Crippen molar-refractivity contribution in [3.63, 3.8) is 0 Å². The van der Waals surface area contributed by atoms with Crippen molar-refractivity contribution in [2.75, 3.05) is 19.8 Å². The highest BCUT2D eigenvalue weighted by Crippen LogP contribution is 2.26. The van der Waals surface area contributed by atoms with Crippen LogP contribution in [0.2, 0.25) is 5.02 Å². The summed E-state index contributed by atoms with van der Waals surface area (Å²) in [5.74, 6) is 0.295. The molecule has 1 saturated heterocycles.